The minimum Gasteiger partial charge on any atom is -0.444 e. The van der Waals surface area contributed by atoms with E-state index in [4.69, 9.17) is 14.7 Å². The van der Waals surface area contributed by atoms with Gasteiger partial charge in [0, 0.05) is 0 Å². The SMILES string of the molecule is CC(C)(C)OC(=O)N1[C@H](C(O)CC#N)COC1(C)C. The molecule has 1 amide bonds. The van der Waals surface area contributed by atoms with Crippen LogP contribution in [-0.4, -0.2) is 46.2 Å². The molecule has 108 valence electrons. The van der Waals surface area contributed by atoms with Crippen molar-refractivity contribution < 1.29 is 19.4 Å². The third kappa shape index (κ3) is 3.82. The average molecular weight is 270 g/mol. The third-order valence-electron chi connectivity index (χ3n) is 2.85. The topological polar surface area (TPSA) is 82.8 Å². The van der Waals surface area contributed by atoms with Crippen LogP contribution in [0, 0.1) is 11.3 Å². The Bertz CT molecular complexity index is 381. The molecule has 6 heteroatoms. The van der Waals surface area contributed by atoms with Crippen LogP contribution in [0.2, 0.25) is 0 Å². The van der Waals surface area contributed by atoms with Crippen molar-refractivity contribution in [3.05, 3.63) is 0 Å². The lowest BCUT2D eigenvalue weighted by molar-refractivity contribution is -0.0675. The summed E-state index contributed by atoms with van der Waals surface area (Å²) in [6.07, 6.45) is -1.54. The smallest absolute Gasteiger partial charge is 0.412 e. The fourth-order valence-electron chi connectivity index (χ4n) is 2.01. The summed E-state index contributed by atoms with van der Waals surface area (Å²) in [5.41, 5.74) is -1.48. The van der Waals surface area contributed by atoms with Crippen LogP contribution in [0.4, 0.5) is 4.79 Å². The molecule has 0 aromatic rings. The van der Waals surface area contributed by atoms with E-state index >= 15 is 0 Å². The first-order chi connectivity index (χ1) is 8.58. The number of carbonyl (C=O) groups is 1. The molecule has 0 aliphatic carbocycles. The van der Waals surface area contributed by atoms with Crippen molar-refractivity contribution in [1.29, 1.82) is 5.26 Å². The number of hydrogen-bond acceptors (Lipinski definition) is 5. The van der Waals surface area contributed by atoms with Crippen molar-refractivity contribution in [3.63, 3.8) is 0 Å². The molecule has 1 aliphatic heterocycles. The van der Waals surface area contributed by atoms with Crippen molar-refractivity contribution in [1.82, 2.24) is 4.90 Å². The number of amides is 1. The van der Waals surface area contributed by atoms with E-state index < -0.39 is 29.6 Å². The number of aliphatic hydroxyl groups excluding tert-OH is 1. The number of aliphatic hydroxyl groups is 1. The van der Waals surface area contributed by atoms with E-state index in [2.05, 4.69) is 0 Å². The Morgan fingerprint density at radius 2 is 2.21 bits per heavy atom. The molecule has 0 spiro atoms. The summed E-state index contributed by atoms with van der Waals surface area (Å²) < 4.78 is 10.9. The van der Waals surface area contributed by atoms with Gasteiger partial charge in [0.15, 0.2) is 0 Å². The minimum absolute atomic E-state index is 0.0522. The summed E-state index contributed by atoms with van der Waals surface area (Å²) >= 11 is 0. The second-order valence-electron chi connectivity index (χ2n) is 6.11. The van der Waals surface area contributed by atoms with E-state index in [-0.39, 0.29) is 13.0 Å². The second kappa shape index (κ2) is 5.35. The number of rotatable bonds is 2. The van der Waals surface area contributed by atoms with E-state index in [0.717, 1.165) is 0 Å². The maximum atomic E-state index is 12.2. The third-order valence-corrected chi connectivity index (χ3v) is 2.85. The highest BCUT2D eigenvalue weighted by molar-refractivity contribution is 5.69. The Kier molecular flexibility index (Phi) is 4.43. The summed E-state index contributed by atoms with van der Waals surface area (Å²) in [6.45, 7) is 8.97. The standard InChI is InChI=1S/C13H22N2O4/c1-12(2,3)19-11(17)15-9(10(16)6-7-14)8-18-13(15,4)5/h9-10,16H,6,8H2,1-5H3/t9-,10?/m0/s1. The second-order valence-corrected chi connectivity index (χ2v) is 6.11. The Hall–Kier alpha value is -1.32. The van der Waals surface area contributed by atoms with Crippen LogP contribution in [-0.2, 0) is 9.47 Å². The number of nitriles is 1. The summed E-state index contributed by atoms with van der Waals surface area (Å²) in [6, 6.07) is 1.33. The van der Waals surface area contributed by atoms with Gasteiger partial charge in [0.05, 0.1) is 31.2 Å². The predicted octanol–water partition coefficient (Wildman–Crippen LogP) is 1.63. The molecule has 0 bridgehead atoms. The van der Waals surface area contributed by atoms with Crippen molar-refractivity contribution in [2.45, 2.75) is 64.5 Å². The zero-order valence-corrected chi connectivity index (χ0v) is 12.1. The van der Waals surface area contributed by atoms with Crippen LogP contribution < -0.4 is 0 Å². The Morgan fingerprint density at radius 3 is 2.68 bits per heavy atom. The van der Waals surface area contributed by atoms with Gasteiger partial charge in [0.2, 0.25) is 0 Å². The molecule has 1 saturated heterocycles. The zero-order valence-electron chi connectivity index (χ0n) is 12.1. The molecule has 1 heterocycles. The van der Waals surface area contributed by atoms with Gasteiger partial charge in [-0.3, -0.25) is 4.90 Å². The molecule has 0 aromatic carbocycles. The largest absolute Gasteiger partial charge is 0.444 e. The normalized spacial score (nSPS) is 23.8. The molecular weight excluding hydrogens is 248 g/mol. The van der Waals surface area contributed by atoms with Gasteiger partial charge in [-0.1, -0.05) is 0 Å². The minimum atomic E-state index is -0.945. The molecular formula is C13H22N2O4. The van der Waals surface area contributed by atoms with E-state index in [9.17, 15) is 9.90 Å². The Balaban J connectivity index is 2.90. The number of ether oxygens (including phenoxy) is 2. The Labute approximate surface area is 113 Å². The monoisotopic (exact) mass is 270 g/mol. The summed E-state index contributed by atoms with van der Waals surface area (Å²) in [5, 5.41) is 18.6. The maximum Gasteiger partial charge on any atom is 0.412 e. The molecule has 0 aromatic heterocycles. The number of carbonyl (C=O) groups excluding carboxylic acids is 1. The highest BCUT2D eigenvalue weighted by Gasteiger charge is 2.48. The van der Waals surface area contributed by atoms with Crippen LogP contribution >= 0.6 is 0 Å². The van der Waals surface area contributed by atoms with Crippen LogP contribution in [0.1, 0.15) is 41.0 Å². The van der Waals surface area contributed by atoms with E-state index in [1.54, 1.807) is 34.6 Å². The van der Waals surface area contributed by atoms with Gasteiger partial charge in [-0.15, -0.1) is 0 Å². The first kappa shape index (κ1) is 15.7. The van der Waals surface area contributed by atoms with E-state index in [1.165, 1.54) is 4.90 Å². The van der Waals surface area contributed by atoms with Gasteiger partial charge in [0.25, 0.3) is 0 Å². The Morgan fingerprint density at radius 1 is 1.63 bits per heavy atom. The quantitative estimate of drug-likeness (QED) is 0.824. The summed E-state index contributed by atoms with van der Waals surface area (Å²) in [4.78, 5) is 13.6. The van der Waals surface area contributed by atoms with Crippen LogP contribution in [0.3, 0.4) is 0 Å². The first-order valence-electron chi connectivity index (χ1n) is 6.30. The van der Waals surface area contributed by atoms with Gasteiger partial charge in [-0.05, 0) is 34.6 Å². The molecule has 1 aliphatic rings. The van der Waals surface area contributed by atoms with Crippen LogP contribution in [0.25, 0.3) is 0 Å². The lowest BCUT2D eigenvalue weighted by Gasteiger charge is -2.36. The van der Waals surface area contributed by atoms with Gasteiger partial charge in [0.1, 0.15) is 11.3 Å². The van der Waals surface area contributed by atoms with Crippen molar-refractivity contribution in [2.24, 2.45) is 0 Å². The highest BCUT2D eigenvalue weighted by atomic mass is 16.6. The van der Waals surface area contributed by atoms with Crippen LogP contribution in [0.5, 0.6) is 0 Å². The van der Waals surface area contributed by atoms with Gasteiger partial charge < -0.3 is 14.6 Å². The average Bonchev–Trinajstić information content (AvgIpc) is 2.51. The molecule has 1 rings (SSSR count). The van der Waals surface area contributed by atoms with E-state index in [0.29, 0.717) is 0 Å². The molecule has 6 nitrogen and oxygen atoms in total. The summed E-state index contributed by atoms with van der Waals surface area (Å²) in [7, 11) is 0. The van der Waals surface area contributed by atoms with E-state index in [1.807, 2.05) is 6.07 Å². The van der Waals surface area contributed by atoms with Gasteiger partial charge >= 0.3 is 6.09 Å². The molecule has 19 heavy (non-hydrogen) atoms. The fourth-order valence-corrected chi connectivity index (χ4v) is 2.01. The number of hydrogen-bond donors (Lipinski definition) is 1. The maximum absolute atomic E-state index is 12.2. The molecule has 1 fully saturated rings. The molecule has 1 unspecified atom stereocenters. The zero-order chi connectivity index (χ0) is 14.8. The highest BCUT2D eigenvalue weighted by Crippen LogP contribution is 2.31. The molecule has 0 saturated carbocycles. The molecule has 0 radical (unpaired) electrons. The van der Waals surface area contributed by atoms with Crippen LogP contribution in [0.15, 0.2) is 0 Å². The predicted molar refractivity (Wildman–Crippen MR) is 68.1 cm³/mol. The van der Waals surface area contributed by atoms with Crippen molar-refractivity contribution in [2.75, 3.05) is 6.61 Å². The van der Waals surface area contributed by atoms with Crippen molar-refractivity contribution >= 4 is 6.09 Å². The lowest BCUT2D eigenvalue weighted by atomic mass is 10.1. The number of nitrogens with zero attached hydrogens (tertiary/aromatic N) is 2. The molecule has 1 N–H and O–H groups in total. The fraction of sp³-hybridized carbons (Fsp3) is 0.846. The summed E-state index contributed by atoms with van der Waals surface area (Å²) in [5.74, 6) is 0. The van der Waals surface area contributed by atoms with Gasteiger partial charge in [-0.25, -0.2) is 4.79 Å². The van der Waals surface area contributed by atoms with Crippen molar-refractivity contribution in [3.8, 4) is 6.07 Å². The first-order valence-corrected chi connectivity index (χ1v) is 6.30. The lowest BCUT2D eigenvalue weighted by Crippen LogP contribution is -2.53. The molecule has 2 atom stereocenters. The van der Waals surface area contributed by atoms with Gasteiger partial charge in [-0.2, -0.15) is 5.26 Å².